The van der Waals surface area contributed by atoms with E-state index in [-0.39, 0.29) is 5.57 Å². The molecule has 0 aliphatic rings. The second-order valence-electron chi connectivity index (χ2n) is 4.08. The Morgan fingerprint density at radius 2 is 1.44 bits per heavy atom. The van der Waals surface area contributed by atoms with E-state index in [0.29, 0.717) is 0 Å². The summed E-state index contributed by atoms with van der Waals surface area (Å²) in [7, 11) is 0. The van der Waals surface area contributed by atoms with Gasteiger partial charge in [-0.2, -0.15) is 0 Å². The van der Waals surface area contributed by atoms with Gasteiger partial charge in [0.25, 0.3) is 0 Å². The Morgan fingerprint density at radius 1 is 1.12 bits per heavy atom. The fourth-order valence-electron chi connectivity index (χ4n) is 1.62. The first-order chi connectivity index (χ1) is 7.39. The Bertz CT molecular complexity index is 188. The van der Waals surface area contributed by atoms with Crippen LogP contribution in [0.3, 0.4) is 0 Å². The van der Waals surface area contributed by atoms with Crippen molar-refractivity contribution in [1.29, 1.82) is 0 Å². The maximum absolute atomic E-state index is 9.49. The van der Waals surface area contributed by atoms with Crippen molar-refractivity contribution in [2.75, 3.05) is 26.2 Å². The van der Waals surface area contributed by atoms with Crippen LogP contribution < -0.4 is 5.11 Å². The van der Waals surface area contributed by atoms with E-state index in [1.54, 1.807) is 0 Å². The van der Waals surface area contributed by atoms with E-state index in [9.17, 15) is 9.90 Å². The fraction of sp³-hybridized carbons (Fsp3) is 0.769. The Morgan fingerprint density at radius 3 is 1.50 bits per heavy atom. The summed E-state index contributed by atoms with van der Waals surface area (Å²) >= 11 is 0. The topological polar surface area (TPSA) is 40.1 Å². The van der Waals surface area contributed by atoms with Gasteiger partial charge in [-0.05, 0) is 39.7 Å². The lowest BCUT2D eigenvalue weighted by Gasteiger charge is -2.35. The lowest BCUT2D eigenvalue weighted by molar-refractivity contribution is -0.923. The third-order valence-electron chi connectivity index (χ3n) is 3.06. The Hall–Kier alpha value is -0.830. The van der Waals surface area contributed by atoms with Crippen molar-refractivity contribution in [1.82, 2.24) is 0 Å². The lowest BCUT2D eigenvalue weighted by atomic mass is 10.3. The van der Waals surface area contributed by atoms with Gasteiger partial charge >= 0.3 is 0 Å². The van der Waals surface area contributed by atoms with Gasteiger partial charge in [-0.1, -0.05) is 13.5 Å². The zero-order valence-corrected chi connectivity index (χ0v) is 11.5. The number of quaternary nitrogens is 1. The summed E-state index contributed by atoms with van der Waals surface area (Å²) in [6.07, 6.45) is 1.32. The summed E-state index contributed by atoms with van der Waals surface area (Å²) in [5.74, 6) is -1.19. The smallest absolute Gasteiger partial charge is 0.0783 e. The second kappa shape index (κ2) is 9.40. The van der Waals surface area contributed by atoms with Crippen LogP contribution in [-0.2, 0) is 4.79 Å². The van der Waals surface area contributed by atoms with Crippen LogP contribution in [0.2, 0.25) is 0 Å². The predicted octanol–water partition coefficient (Wildman–Crippen LogP) is 1.59. The van der Waals surface area contributed by atoms with Crippen LogP contribution in [0, 0.1) is 0 Å². The van der Waals surface area contributed by atoms with Gasteiger partial charge in [0, 0.05) is 0 Å². The summed E-state index contributed by atoms with van der Waals surface area (Å²) in [5.41, 5.74) is 0.0648. The van der Waals surface area contributed by atoms with Crippen LogP contribution in [-0.4, -0.2) is 36.6 Å². The number of carboxylic acids is 1. The molecule has 0 atom stereocenters. The Labute approximate surface area is 100 Å². The standard InChI is InChI=1S/C9H22N.C4H6O2/c1-5-9-10(6-2,7-3)8-4;1-3(2)4(5)6/h5-9H2,1-4H3;1H2,2H3,(H,5,6)/q+1;/p-1. The summed E-state index contributed by atoms with van der Waals surface area (Å²) in [6.45, 7) is 18.9. The van der Waals surface area contributed by atoms with Gasteiger partial charge in [0.1, 0.15) is 0 Å². The van der Waals surface area contributed by atoms with Crippen molar-refractivity contribution < 1.29 is 14.4 Å². The highest BCUT2D eigenvalue weighted by Crippen LogP contribution is 2.06. The van der Waals surface area contributed by atoms with Crippen LogP contribution >= 0.6 is 0 Å². The number of rotatable bonds is 6. The van der Waals surface area contributed by atoms with Crippen molar-refractivity contribution >= 4 is 5.97 Å². The van der Waals surface area contributed by atoms with E-state index in [4.69, 9.17) is 0 Å². The molecule has 0 unspecified atom stereocenters. The van der Waals surface area contributed by atoms with Gasteiger partial charge in [0.2, 0.25) is 0 Å². The number of aliphatic carboxylic acids is 1. The van der Waals surface area contributed by atoms with Gasteiger partial charge in [-0.15, -0.1) is 0 Å². The number of carboxylic acid groups (broad SMARTS) is 1. The molecule has 3 heteroatoms. The number of carbonyl (C=O) groups excluding carboxylic acids is 1. The maximum Gasteiger partial charge on any atom is 0.0783 e. The first kappa shape index (κ1) is 17.6. The lowest BCUT2D eigenvalue weighted by Crippen LogP contribution is -2.47. The van der Waals surface area contributed by atoms with Gasteiger partial charge in [0.15, 0.2) is 0 Å². The molecule has 96 valence electrons. The molecular weight excluding hydrogens is 202 g/mol. The molecule has 0 spiro atoms. The quantitative estimate of drug-likeness (QED) is 0.512. The monoisotopic (exact) mass is 229 g/mol. The van der Waals surface area contributed by atoms with E-state index >= 15 is 0 Å². The molecule has 0 saturated carbocycles. The Kier molecular flexibility index (Phi) is 10.3. The van der Waals surface area contributed by atoms with Gasteiger partial charge in [-0.3, -0.25) is 0 Å². The largest absolute Gasteiger partial charge is 0.545 e. The summed E-state index contributed by atoms with van der Waals surface area (Å²) in [6, 6.07) is 0. The predicted molar refractivity (Wildman–Crippen MR) is 66.9 cm³/mol. The molecule has 0 aromatic rings. The van der Waals surface area contributed by atoms with Gasteiger partial charge in [0.05, 0.1) is 32.1 Å². The molecule has 0 radical (unpaired) electrons. The first-order valence-corrected chi connectivity index (χ1v) is 6.11. The van der Waals surface area contributed by atoms with Crippen molar-refractivity contribution in [2.45, 2.75) is 41.0 Å². The SMILES string of the molecule is C=C(C)C(=O)[O-].CCC[N+](CC)(CC)CC. The van der Waals surface area contributed by atoms with Crippen molar-refractivity contribution in [3.8, 4) is 0 Å². The number of nitrogens with zero attached hydrogens (tertiary/aromatic N) is 1. The molecule has 0 amide bonds. The minimum absolute atomic E-state index is 0.0648. The highest BCUT2D eigenvalue weighted by molar-refractivity contribution is 5.82. The normalized spacial score (nSPS) is 10.3. The average molecular weight is 229 g/mol. The molecule has 0 aliphatic heterocycles. The molecule has 0 fully saturated rings. The van der Waals surface area contributed by atoms with E-state index in [1.165, 1.54) is 44.0 Å². The van der Waals surface area contributed by atoms with Crippen LogP contribution in [0.4, 0.5) is 0 Å². The molecule has 0 rings (SSSR count). The molecule has 0 aliphatic carbocycles. The molecule has 0 bridgehead atoms. The first-order valence-electron chi connectivity index (χ1n) is 6.11. The van der Waals surface area contributed by atoms with Crippen LogP contribution in [0.25, 0.3) is 0 Å². The highest BCUT2D eigenvalue weighted by Gasteiger charge is 2.17. The molecule has 16 heavy (non-hydrogen) atoms. The van der Waals surface area contributed by atoms with E-state index in [1.807, 2.05) is 0 Å². The minimum atomic E-state index is -1.19. The zero-order valence-electron chi connectivity index (χ0n) is 11.5. The maximum atomic E-state index is 9.49. The van der Waals surface area contributed by atoms with Crippen LogP contribution in [0.1, 0.15) is 41.0 Å². The van der Waals surface area contributed by atoms with Crippen molar-refractivity contribution in [2.24, 2.45) is 0 Å². The number of carbonyl (C=O) groups is 1. The number of hydrogen-bond acceptors (Lipinski definition) is 2. The zero-order chi connectivity index (χ0) is 13.2. The molecule has 0 aromatic heterocycles. The summed E-state index contributed by atoms with van der Waals surface area (Å²) < 4.78 is 1.30. The third kappa shape index (κ3) is 7.46. The van der Waals surface area contributed by atoms with E-state index in [2.05, 4.69) is 34.3 Å². The molecule has 0 N–H and O–H groups in total. The fourth-order valence-corrected chi connectivity index (χ4v) is 1.62. The number of hydrogen-bond donors (Lipinski definition) is 0. The van der Waals surface area contributed by atoms with Crippen LogP contribution in [0.5, 0.6) is 0 Å². The van der Waals surface area contributed by atoms with Crippen molar-refractivity contribution in [3.05, 3.63) is 12.2 Å². The average Bonchev–Trinajstić information content (AvgIpc) is 2.27. The third-order valence-corrected chi connectivity index (χ3v) is 3.06. The van der Waals surface area contributed by atoms with Gasteiger partial charge < -0.3 is 14.4 Å². The van der Waals surface area contributed by atoms with E-state index < -0.39 is 5.97 Å². The van der Waals surface area contributed by atoms with E-state index in [0.717, 1.165) is 0 Å². The molecular formula is C13H27NO2. The van der Waals surface area contributed by atoms with Gasteiger partial charge in [-0.25, -0.2) is 0 Å². The molecule has 0 heterocycles. The second-order valence-corrected chi connectivity index (χ2v) is 4.08. The molecule has 3 nitrogen and oxygen atoms in total. The Balaban J connectivity index is 0. The summed E-state index contributed by atoms with van der Waals surface area (Å²) in [4.78, 5) is 9.49. The molecule has 0 saturated heterocycles. The van der Waals surface area contributed by atoms with Crippen molar-refractivity contribution in [3.63, 3.8) is 0 Å². The highest BCUT2D eigenvalue weighted by atomic mass is 16.4. The molecule has 0 aromatic carbocycles. The minimum Gasteiger partial charge on any atom is -0.545 e. The summed E-state index contributed by atoms with van der Waals surface area (Å²) in [5, 5.41) is 9.49. The van der Waals surface area contributed by atoms with Crippen LogP contribution in [0.15, 0.2) is 12.2 Å².